The Hall–Kier alpha value is -0.970. The summed E-state index contributed by atoms with van der Waals surface area (Å²) >= 11 is 0. The topological polar surface area (TPSA) is 50.9 Å². The van der Waals surface area contributed by atoms with Gasteiger partial charge in [-0.25, -0.2) is 4.39 Å². The maximum absolute atomic E-state index is 12.4. The molecule has 0 aromatic carbocycles. The smallest absolute Gasteiger partial charge is 0.125 e. The first-order chi connectivity index (χ1) is 5.33. The molecule has 0 fully saturated rings. The highest BCUT2D eigenvalue weighted by Gasteiger charge is 2.03. The van der Waals surface area contributed by atoms with Crippen molar-refractivity contribution in [2.75, 3.05) is 6.61 Å². The molecule has 0 saturated carbocycles. The van der Waals surface area contributed by atoms with E-state index in [1.54, 1.807) is 0 Å². The Labute approximate surface area is 63.6 Å². The van der Waals surface area contributed by atoms with Crippen LogP contribution in [0.1, 0.15) is 6.42 Å². The third kappa shape index (κ3) is 2.63. The summed E-state index contributed by atoms with van der Waals surface area (Å²) in [5.74, 6) is 0. The van der Waals surface area contributed by atoms with Crippen LogP contribution in [0.5, 0.6) is 0 Å². The minimum Gasteiger partial charge on any atom is -0.393 e. The molecule has 0 bridgehead atoms. The summed E-state index contributed by atoms with van der Waals surface area (Å²) in [5, 5.41) is 15.9. The second-order valence-electron chi connectivity index (χ2n) is 2.19. The largest absolute Gasteiger partial charge is 0.393 e. The molecule has 1 aromatic rings. The van der Waals surface area contributed by atoms with Crippen LogP contribution in [0.15, 0.2) is 12.4 Å². The molecule has 62 valence electrons. The van der Waals surface area contributed by atoms with Crippen molar-refractivity contribution in [2.45, 2.75) is 19.1 Å². The first kappa shape index (κ1) is 8.13. The number of aromatic nitrogens is 3. The Bertz CT molecular complexity index is 190. The maximum atomic E-state index is 12.4. The van der Waals surface area contributed by atoms with Gasteiger partial charge in [-0.15, -0.1) is 0 Å². The summed E-state index contributed by atoms with van der Waals surface area (Å²) in [4.78, 5) is 1.39. The average molecular weight is 159 g/mol. The van der Waals surface area contributed by atoms with Gasteiger partial charge in [0.05, 0.1) is 25.5 Å². The number of hydrogen-bond donors (Lipinski definition) is 1. The molecule has 11 heavy (non-hydrogen) atoms. The van der Waals surface area contributed by atoms with E-state index >= 15 is 0 Å². The summed E-state index contributed by atoms with van der Waals surface area (Å²) in [6.07, 6.45) is 2.16. The van der Waals surface area contributed by atoms with Gasteiger partial charge in [0.1, 0.15) is 6.17 Å². The molecule has 1 aromatic heterocycles. The van der Waals surface area contributed by atoms with Gasteiger partial charge >= 0.3 is 0 Å². The van der Waals surface area contributed by atoms with E-state index in [0.717, 1.165) is 0 Å². The second kappa shape index (κ2) is 4.02. The zero-order valence-electron chi connectivity index (χ0n) is 6.02. The first-order valence-corrected chi connectivity index (χ1v) is 3.42. The highest BCUT2D eigenvalue weighted by Crippen LogP contribution is 1.97. The molecular formula is C6H10FN3O. The van der Waals surface area contributed by atoms with E-state index in [1.165, 1.54) is 17.2 Å². The molecule has 1 N–H and O–H groups in total. The van der Waals surface area contributed by atoms with E-state index < -0.39 is 12.8 Å². The number of aliphatic hydroxyl groups excluding tert-OH is 1. The summed E-state index contributed by atoms with van der Waals surface area (Å²) in [5.41, 5.74) is 0. The van der Waals surface area contributed by atoms with Gasteiger partial charge in [0.2, 0.25) is 0 Å². The van der Waals surface area contributed by atoms with Crippen LogP contribution in [-0.4, -0.2) is 32.9 Å². The van der Waals surface area contributed by atoms with Crippen molar-refractivity contribution in [3.8, 4) is 0 Å². The van der Waals surface area contributed by atoms with Crippen molar-refractivity contribution in [1.29, 1.82) is 0 Å². The standard InChI is InChI=1S/C6H10FN3O/c7-6(5-11)1-4-10-8-2-3-9-10/h2-3,6,11H,1,4-5H2. The Kier molecular flexibility index (Phi) is 2.97. The van der Waals surface area contributed by atoms with Crippen LogP contribution < -0.4 is 0 Å². The van der Waals surface area contributed by atoms with Crippen molar-refractivity contribution in [1.82, 2.24) is 15.0 Å². The van der Waals surface area contributed by atoms with Gasteiger partial charge in [-0.1, -0.05) is 0 Å². The van der Waals surface area contributed by atoms with Crippen LogP contribution >= 0.6 is 0 Å². The van der Waals surface area contributed by atoms with Crippen molar-refractivity contribution in [3.05, 3.63) is 12.4 Å². The Balaban J connectivity index is 2.23. The number of aryl methyl sites for hydroxylation is 1. The van der Waals surface area contributed by atoms with Crippen LogP contribution in [0.25, 0.3) is 0 Å². The SMILES string of the molecule is OCC(F)CCn1nccn1. The molecule has 1 heterocycles. The predicted octanol–water partition coefficient (Wildman–Crippen LogP) is -0.00140. The lowest BCUT2D eigenvalue weighted by atomic mass is 10.3. The summed E-state index contributed by atoms with van der Waals surface area (Å²) in [6.45, 7) is -0.0179. The fraction of sp³-hybridized carbons (Fsp3) is 0.667. The first-order valence-electron chi connectivity index (χ1n) is 3.42. The van der Waals surface area contributed by atoms with Crippen LogP contribution in [0.2, 0.25) is 0 Å². The molecule has 0 radical (unpaired) electrons. The van der Waals surface area contributed by atoms with E-state index in [0.29, 0.717) is 6.54 Å². The molecule has 0 aliphatic heterocycles. The number of halogens is 1. The number of hydrogen-bond acceptors (Lipinski definition) is 3. The molecule has 1 rings (SSSR count). The molecule has 1 atom stereocenters. The van der Waals surface area contributed by atoms with Gasteiger partial charge in [-0.2, -0.15) is 15.0 Å². The van der Waals surface area contributed by atoms with Gasteiger partial charge in [0, 0.05) is 6.42 Å². The van der Waals surface area contributed by atoms with E-state index in [1.807, 2.05) is 0 Å². The highest BCUT2D eigenvalue weighted by molar-refractivity contribution is 4.61. The predicted molar refractivity (Wildman–Crippen MR) is 36.6 cm³/mol. The monoisotopic (exact) mass is 159 g/mol. The highest BCUT2D eigenvalue weighted by atomic mass is 19.1. The quantitative estimate of drug-likeness (QED) is 0.672. The number of alkyl halides is 1. The van der Waals surface area contributed by atoms with Gasteiger partial charge in [0.15, 0.2) is 0 Å². The molecular weight excluding hydrogens is 149 g/mol. The zero-order valence-corrected chi connectivity index (χ0v) is 6.02. The Morgan fingerprint density at radius 2 is 2.09 bits per heavy atom. The van der Waals surface area contributed by atoms with E-state index in [2.05, 4.69) is 10.2 Å². The lowest BCUT2D eigenvalue weighted by molar-refractivity contribution is 0.162. The van der Waals surface area contributed by atoms with Crippen molar-refractivity contribution in [3.63, 3.8) is 0 Å². The normalized spacial score (nSPS) is 13.3. The van der Waals surface area contributed by atoms with E-state index in [-0.39, 0.29) is 6.42 Å². The fourth-order valence-electron chi connectivity index (χ4n) is 0.706. The molecule has 0 aliphatic rings. The van der Waals surface area contributed by atoms with Crippen LogP contribution in [0.4, 0.5) is 4.39 Å². The maximum Gasteiger partial charge on any atom is 0.125 e. The molecule has 0 amide bonds. The molecule has 4 nitrogen and oxygen atoms in total. The fourth-order valence-corrected chi connectivity index (χ4v) is 0.706. The zero-order chi connectivity index (χ0) is 8.10. The Morgan fingerprint density at radius 1 is 1.45 bits per heavy atom. The lowest BCUT2D eigenvalue weighted by Gasteiger charge is -2.02. The van der Waals surface area contributed by atoms with Gasteiger partial charge in [0.25, 0.3) is 0 Å². The third-order valence-corrected chi connectivity index (χ3v) is 1.31. The van der Waals surface area contributed by atoms with Gasteiger partial charge < -0.3 is 5.11 Å². The summed E-state index contributed by atoms with van der Waals surface area (Å²) in [6, 6.07) is 0. The number of rotatable bonds is 4. The molecule has 0 saturated heterocycles. The van der Waals surface area contributed by atoms with Crippen molar-refractivity contribution in [2.24, 2.45) is 0 Å². The van der Waals surface area contributed by atoms with Crippen LogP contribution in [0.3, 0.4) is 0 Å². The average Bonchev–Trinajstić information content (AvgIpc) is 2.52. The molecule has 0 spiro atoms. The third-order valence-electron chi connectivity index (χ3n) is 1.31. The minimum atomic E-state index is -1.17. The lowest BCUT2D eigenvalue weighted by Crippen LogP contribution is -2.12. The summed E-state index contributed by atoms with van der Waals surface area (Å²) in [7, 11) is 0. The second-order valence-corrected chi connectivity index (χ2v) is 2.19. The number of nitrogens with zero attached hydrogens (tertiary/aromatic N) is 3. The van der Waals surface area contributed by atoms with Crippen LogP contribution in [0, 0.1) is 0 Å². The van der Waals surface area contributed by atoms with E-state index in [9.17, 15) is 4.39 Å². The molecule has 1 unspecified atom stereocenters. The van der Waals surface area contributed by atoms with Crippen LogP contribution in [-0.2, 0) is 6.54 Å². The van der Waals surface area contributed by atoms with Crippen molar-refractivity contribution < 1.29 is 9.50 Å². The molecule has 5 heteroatoms. The van der Waals surface area contributed by atoms with E-state index in [4.69, 9.17) is 5.11 Å². The summed E-state index contributed by atoms with van der Waals surface area (Å²) < 4.78 is 12.4. The molecule has 0 aliphatic carbocycles. The minimum absolute atomic E-state index is 0.255. The Morgan fingerprint density at radius 3 is 2.64 bits per heavy atom. The van der Waals surface area contributed by atoms with Crippen molar-refractivity contribution >= 4 is 0 Å². The van der Waals surface area contributed by atoms with Gasteiger partial charge in [-0.3, -0.25) is 0 Å². The number of aliphatic hydroxyl groups is 1. The van der Waals surface area contributed by atoms with Gasteiger partial charge in [-0.05, 0) is 0 Å².